The average Bonchev–Trinajstić information content (AvgIpc) is 2.87. The summed E-state index contributed by atoms with van der Waals surface area (Å²) >= 11 is 0. The van der Waals surface area contributed by atoms with E-state index in [0.29, 0.717) is 17.3 Å². The van der Waals surface area contributed by atoms with Crippen molar-refractivity contribution in [3.8, 4) is 0 Å². The van der Waals surface area contributed by atoms with Crippen LogP contribution in [0, 0.1) is 0 Å². The van der Waals surface area contributed by atoms with Crippen molar-refractivity contribution in [1.82, 2.24) is 9.88 Å². The predicted molar refractivity (Wildman–Crippen MR) is 65.1 cm³/mol. The van der Waals surface area contributed by atoms with Crippen molar-refractivity contribution in [2.75, 3.05) is 7.05 Å². The first kappa shape index (κ1) is 11.9. The largest absolute Gasteiger partial charge is 0.356 e. The Morgan fingerprint density at radius 3 is 2.71 bits per heavy atom. The van der Waals surface area contributed by atoms with Crippen LogP contribution in [0.3, 0.4) is 0 Å². The molecule has 0 bridgehead atoms. The monoisotopic (exact) mass is 234 g/mol. The lowest BCUT2D eigenvalue weighted by molar-refractivity contribution is 0.0691. The van der Waals surface area contributed by atoms with Gasteiger partial charge in [-0.1, -0.05) is 19.3 Å². The third kappa shape index (κ3) is 2.57. The number of hydrogen-bond donors (Lipinski definition) is 1. The molecule has 0 aliphatic heterocycles. The lowest BCUT2D eigenvalue weighted by Gasteiger charge is -2.30. The Morgan fingerprint density at radius 1 is 1.41 bits per heavy atom. The van der Waals surface area contributed by atoms with Crippen molar-refractivity contribution in [2.45, 2.75) is 38.1 Å². The first-order valence-electron chi connectivity index (χ1n) is 6.13. The number of carbonyl (C=O) groups is 2. The highest BCUT2D eigenvalue weighted by atomic mass is 16.2. The van der Waals surface area contributed by atoms with Crippen molar-refractivity contribution >= 4 is 12.2 Å². The maximum absolute atomic E-state index is 12.2. The molecule has 17 heavy (non-hydrogen) atoms. The molecule has 0 radical (unpaired) electrons. The van der Waals surface area contributed by atoms with Crippen LogP contribution < -0.4 is 0 Å². The standard InChI is InChI=1S/C13H18N2O2/c1-15(11-5-3-2-4-6-11)13(17)12-7-10(9-16)8-14-12/h7-9,11,14H,2-6H2,1H3. The minimum absolute atomic E-state index is 0.0231. The molecule has 2 rings (SSSR count). The van der Waals surface area contributed by atoms with E-state index in [4.69, 9.17) is 0 Å². The Morgan fingerprint density at radius 2 is 2.12 bits per heavy atom. The van der Waals surface area contributed by atoms with Gasteiger partial charge in [0.05, 0.1) is 0 Å². The molecule has 1 fully saturated rings. The Hall–Kier alpha value is -1.58. The molecule has 0 spiro atoms. The predicted octanol–water partition coefficient (Wildman–Crippen LogP) is 2.23. The van der Waals surface area contributed by atoms with Gasteiger partial charge in [-0.3, -0.25) is 9.59 Å². The van der Waals surface area contributed by atoms with Gasteiger partial charge >= 0.3 is 0 Å². The quantitative estimate of drug-likeness (QED) is 0.815. The molecule has 0 saturated heterocycles. The van der Waals surface area contributed by atoms with E-state index in [-0.39, 0.29) is 5.91 Å². The Balaban J connectivity index is 2.05. The summed E-state index contributed by atoms with van der Waals surface area (Å²) in [5.74, 6) is -0.0231. The SMILES string of the molecule is CN(C(=O)c1cc(C=O)c[nH]1)C1CCCCC1. The molecule has 0 atom stereocenters. The highest BCUT2D eigenvalue weighted by Gasteiger charge is 2.23. The first-order valence-corrected chi connectivity index (χ1v) is 6.13. The fraction of sp³-hybridized carbons (Fsp3) is 0.538. The van der Waals surface area contributed by atoms with Gasteiger partial charge in [-0.05, 0) is 18.9 Å². The Kier molecular flexibility index (Phi) is 3.61. The van der Waals surface area contributed by atoms with Gasteiger partial charge in [-0.2, -0.15) is 0 Å². The molecular formula is C13H18N2O2. The van der Waals surface area contributed by atoms with Crippen molar-refractivity contribution in [1.29, 1.82) is 0 Å². The molecule has 1 heterocycles. The molecular weight excluding hydrogens is 216 g/mol. The van der Waals surface area contributed by atoms with Crippen molar-refractivity contribution < 1.29 is 9.59 Å². The molecule has 1 N–H and O–H groups in total. The molecule has 1 aliphatic rings. The Bertz CT molecular complexity index is 405. The maximum atomic E-state index is 12.2. The number of carbonyl (C=O) groups excluding carboxylic acids is 2. The van der Waals surface area contributed by atoms with Crippen LogP contribution in [-0.2, 0) is 0 Å². The number of aromatic amines is 1. The fourth-order valence-electron chi connectivity index (χ4n) is 2.43. The van der Waals surface area contributed by atoms with Crippen LogP contribution in [0.25, 0.3) is 0 Å². The van der Waals surface area contributed by atoms with Gasteiger partial charge in [0.25, 0.3) is 5.91 Å². The lowest BCUT2D eigenvalue weighted by Crippen LogP contribution is -2.38. The summed E-state index contributed by atoms with van der Waals surface area (Å²) in [4.78, 5) is 27.4. The molecule has 1 saturated carbocycles. The van der Waals surface area contributed by atoms with E-state index >= 15 is 0 Å². The zero-order chi connectivity index (χ0) is 12.3. The van der Waals surface area contributed by atoms with Crippen LogP contribution >= 0.6 is 0 Å². The van der Waals surface area contributed by atoms with E-state index in [9.17, 15) is 9.59 Å². The van der Waals surface area contributed by atoms with Gasteiger partial charge in [-0.15, -0.1) is 0 Å². The number of aromatic nitrogens is 1. The number of nitrogens with one attached hydrogen (secondary N) is 1. The van der Waals surface area contributed by atoms with E-state index in [1.54, 1.807) is 17.2 Å². The van der Waals surface area contributed by atoms with Gasteiger partial charge < -0.3 is 9.88 Å². The summed E-state index contributed by atoms with van der Waals surface area (Å²) in [6.45, 7) is 0. The average molecular weight is 234 g/mol. The number of H-pyrrole nitrogens is 1. The zero-order valence-corrected chi connectivity index (χ0v) is 10.1. The second-order valence-electron chi connectivity index (χ2n) is 4.67. The van der Waals surface area contributed by atoms with Crippen LogP contribution in [0.1, 0.15) is 53.0 Å². The molecule has 1 aliphatic carbocycles. The van der Waals surface area contributed by atoms with Crippen molar-refractivity contribution in [3.63, 3.8) is 0 Å². The van der Waals surface area contributed by atoms with Crippen LogP contribution in [-0.4, -0.2) is 35.2 Å². The number of aldehydes is 1. The summed E-state index contributed by atoms with van der Waals surface area (Å²) < 4.78 is 0. The molecule has 4 heteroatoms. The van der Waals surface area contributed by atoms with E-state index in [1.165, 1.54) is 19.3 Å². The topological polar surface area (TPSA) is 53.2 Å². The van der Waals surface area contributed by atoms with Crippen molar-refractivity contribution in [3.05, 3.63) is 23.5 Å². The van der Waals surface area contributed by atoms with Crippen LogP contribution in [0.5, 0.6) is 0 Å². The third-order valence-corrected chi connectivity index (χ3v) is 3.51. The van der Waals surface area contributed by atoms with E-state index < -0.39 is 0 Å². The van der Waals surface area contributed by atoms with Gasteiger partial charge in [0.2, 0.25) is 0 Å². The van der Waals surface area contributed by atoms with Gasteiger partial charge in [0, 0.05) is 24.8 Å². The molecule has 1 aromatic heterocycles. The Labute approximate surface area is 101 Å². The second kappa shape index (κ2) is 5.17. The zero-order valence-electron chi connectivity index (χ0n) is 10.1. The number of hydrogen-bond acceptors (Lipinski definition) is 2. The third-order valence-electron chi connectivity index (χ3n) is 3.51. The normalized spacial score (nSPS) is 16.8. The summed E-state index contributed by atoms with van der Waals surface area (Å²) in [5, 5.41) is 0. The number of rotatable bonds is 3. The highest BCUT2D eigenvalue weighted by molar-refractivity contribution is 5.94. The van der Waals surface area contributed by atoms with Gasteiger partial charge in [0.15, 0.2) is 6.29 Å². The van der Waals surface area contributed by atoms with Gasteiger partial charge in [0.1, 0.15) is 5.69 Å². The second-order valence-corrected chi connectivity index (χ2v) is 4.67. The number of nitrogens with zero attached hydrogens (tertiary/aromatic N) is 1. The minimum Gasteiger partial charge on any atom is -0.356 e. The van der Waals surface area contributed by atoms with E-state index in [1.807, 2.05) is 7.05 Å². The molecule has 4 nitrogen and oxygen atoms in total. The number of amides is 1. The summed E-state index contributed by atoms with van der Waals surface area (Å²) in [6.07, 6.45) is 8.16. The van der Waals surface area contributed by atoms with Crippen LogP contribution in [0.2, 0.25) is 0 Å². The molecule has 1 amide bonds. The highest BCUT2D eigenvalue weighted by Crippen LogP contribution is 2.22. The van der Waals surface area contributed by atoms with E-state index in [2.05, 4.69) is 4.98 Å². The smallest absolute Gasteiger partial charge is 0.270 e. The molecule has 1 aromatic rings. The maximum Gasteiger partial charge on any atom is 0.270 e. The van der Waals surface area contributed by atoms with Crippen LogP contribution in [0.4, 0.5) is 0 Å². The first-order chi connectivity index (χ1) is 8.22. The summed E-state index contributed by atoms with van der Waals surface area (Å²) in [7, 11) is 1.85. The lowest BCUT2D eigenvalue weighted by atomic mass is 9.94. The molecule has 0 aromatic carbocycles. The van der Waals surface area contributed by atoms with Crippen LogP contribution in [0.15, 0.2) is 12.3 Å². The van der Waals surface area contributed by atoms with Crippen molar-refractivity contribution in [2.24, 2.45) is 0 Å². The van der Waals surface area contributed by atoms with E-state index in [0.717, 1.165) is 19.1 Å². The summed E-state index contributed by atoms with van der Waals surface area (Å²) in [5.41, 5.74) is 1.02. The van der Waals surface area contributed by atoms with Gasteiger partial charge in [-0.25, -0.2) is 0 Å². The summed E-state index contributed by atoms with van der Waals surface area (Å²) in [6, 6.07) is 1.95. The molecule has 0 unspecified atom stereocenters. The fourth-order valence-corrected chi connectivity index (χ4v) is 2.43. The molecule has 92 valence electrons. The minimum atomic E-state index is -0.0231.